The quantitative estimate of drug-likeness (QED) is 0.709. The van der Waals surface area contributed by atoms with Crippen LogP contribution in [0.2, 0.25) is 0 Å². The van der Waals surface area contributed by atoms with Gasteiger partial charge in [0.25, 0.3) is 0 Å². The van der Waals surface area contributed by atoms with Gasteiger partial charge in [-0.2, -0.15) is 0 Å². The number of carbonyl (C=O) groups is 1. The summed E-state index contributed by atoms with van der Waals surface area (Å²) in [5, 5.41) is 12.2. The number of para-hydroxylation sites is 2. The Morgan fingerprint density at radius 2 is 1.88 bits per heavy atom. The molecule has 0 saturated heterocycles. The molecular formula is C12H17ClN2O2. The molecule has 2 rings (SSSR count). The van der Waals surface area contributed by atoms with Crippen LogP contribution in [0.3, 0.4) is 0 Å². The van der Waals surface area contributed by atoms with E-state index in [0.29, 0.717) is 18.5 Å². The van der Waals surface area contributed by atoms with Gasteiger partial charge < -0.3 is 16.2 Å². The average molecular weight is 257 g/mol. The van der Waals surface area contributed by atoms with Crippen molar-refractivity contribution >= 4 is 24.0 Å². The highest BCUT2D eigenvalue weighted by Gasteiger charge is 2.37. The third-order valence-electron chi connectivity index (χ3n) is 3.10. The Kier molecular flexibility index (Phi) is 4.37. The van der Waals surface area contributed by atoms with E-state index in [0.717, 1.165) is 12.8 Å². The zero-order chi connectivity index (χ0) is 11.6. The van der Waals surface area contributed by atoms with Crippen LogP contribution in [0, 0.1) is 0 Å². The van der Waals surface area contributed by atoms with E-state index in [9.17, 15) is 9.90 Å². The highest BCUT2D eigenvalue weighted by Crippen LogP contribution is 2.30. The van der Waals surface area contributed by atoms with Gasteiger partial charge in [-0.1, -0.05) is 25.0 Å². The van der Waals surface area contributed by atoms with Crippen LogP contribution in [0.15, 0.2) is 24.3 Å². The Labute approximate surface area is 107 Å². The van der Waals surface area contributed by atoms with E-state index in [1.807, 2.05) is 0 Å². The fourth-order valence-electron chi connectivity index (χ4n) is 2.06. The summed E-state index contributed by atoms with van der Waals surface area (Å²) in [4.78, 5) is 11.9. The fraction of sp³-hybridized carbons (Fsp3) is 0.417. The van der Waals surface area contributed by atoms with Crippen molar-refractivity contribution in [2.24, 2.45) is 5.73 Å². The lowest BCUT2D eigenvalue weighted by molar-refractivity contribution is -0.121. The molecular weight excluding hydrogens is 240 g/mol. The minimum absolute atomic E-state index is 0. The maximum absolute atomic E-state index is 11.9. The number of halogens is 1. The lowest BCUT2D eigenvalue weighted by Crippen LogP contribution is -2.48. The van der Waals surface area contributed by atoms with Crippen molar-refractivity contribution in [3.63, 3.8) is 0 Å². The lowest BCUT2D eigenvalue weighted by Gasteiger charge is -2.22. The molecule has 4 N–H and O–H groups in total. The number of hydrogen-bond donors (Lipinski definition) is 3. The van der Waals surface area contributed by atoms with Crippen LogP contribution >= 0.6 is 12.4 Å². The van der Waals surface area contributed by atoms with E-state index in [-0.39, 0.29) is 24.1 Å². The number of amides is 1. The summed E-state index contributed by atoms with van der Waals surface area (Å²) < 4.78 is 0. The number of aromatic hydroxyl groups is 1. The highest BCUT2D eigenvalue weighted by molar-refractivity contribution is 5.99. The number of hydrogen-bond acceptors (Lipinski definition) is 3. The van der Waals surface area contributed by atoms with E-state index < -0.39 is 5.54 Å². The number of nitrogens with one attached hydrogen (secondary N) is 1. The monoisotopic (exact) mass is 256 g/mol. The number of benzene rings is 1. The predicted molar refractivity (Wildman–Crippen MR) is 69.4 cm³/mol. The Hall–Kier alpha value is -1.26. The first kappa shape index (κ1) is 13.8. The molecule has 1 aromatic carbocycles. The first-order valence-electron chi connectivity index (χ1n) is 5.50. The van der Waals surface area contributed by atoms with Gasteiger partial charge in [0.15, 0.2) is 0 Å². The summed E-state index contributed by atoms with van der Waals surface area (Å²) in [5.74, 6) is -0.135. The van der Waals surface area contributed by atoms with Crippen LogP contribution in [-0.4, -0.2) is 16.6 Å². The zero-order valence-electron chi connectivity index (χ0n) is 9.48. The minimum Gasteiger partial charge on any atom is -0.506 e. The number of phenols is 1. The standard InChI is InChI=1S/C12H16N2O2.ClH/c13-12(7-3-4-8-12)11(16)14-9-5-1-2-6-10(9)15;/h1-2,5-6,15H,3-4,7-8,13H2,(H,14,16);1H. The molecule has 17 heavy (non-hydrogen) atoms. The van der Waals surface area contributed by atoms with Crippen molar-refractivity contribution in [2.45, 2.75) is 31.2 Å². The highest BCUT2D eigenvalue weighted by atomic mass is 35.5. The van der Waals surface area contributed by atoms with E-state index in [1.165, 1.54) is 6.07 Å². The van der Waals surface area contributed by atoms with Gasteiger partial charge >= 0.3 is 0 Å². The Bertz CT molecular complexity index is 403. The summed E-state index contributed by atoms with van der Waals surface area (Å²) >= 11 is 0. The third kappa shape index (κ3) is 2.90. The summed E-state index contributed by atoms with van der Waals surface area (Å²) in [6, 6.07) is 6.66. The molecule has 1 fully saturated rings. The fourth-order valence-corrected chi connectivity index (χ4v) is 2.06. The van der Waals surface area contributed by atoms with Gasteiger partial charge in [-0.05, 0) is 25.0 Å². The molecule has 1 saturated carbocycles. The van der Waals surface area contributed by atoms with Gasteiger partial charge in [-0.15, -0.1) is 12.4 Å². The van der Waals surface area contributed by atoms with Gasteiger partial charge in [0.1, 0.15) is 5.75 Å². The van der Waals surface area contributed by atoms with Crippen molar-refractivity contribution in [2.75, 3.05) is 5.32 Å². The van der Waals surface area contributed by atoms with E-state index >= 15 is 0 Å². The molecule has 0 bridgehead atoms. The lowest BCUT2D eigenvalue weighted by atomic mass is 9.98. The topological polar surface area (TPSA) is 75.4 Å². The second kappa shape index (κ2) is 5.38. The van der Waals surface area contributed by atoms with Crippen molar-refractivity contribution in [1.82, 2.24) is 0 Å². The normalized spacial score (nSPS) is 17.2. The van der Waals surface area contributed by atoms with Gasteiger partial charge in [-0.3, -0.25) is 4.79 Å². The minimum atomic E-state index is -0.762. The maximum Gasteiger partial charge on any atom is 0.244 e. The molecule has 0 aromatic heterocycles. The van der Waals surface area contributed by atoms with Crippen LogP contribution in [0.5, 0.6) is 5.75 Å². The van der Waals surface area contributed by atoms with Crippen molar-refractivity contribution in [3.05, 3.63) is 24.3 Å². The Balaban J connectivity index is 0.00000144. The van der Waals surface area contributed by atoms with Crippen LogP contribution in [0.4, 0.5) is 5.69 Å². The van der Waals surface area contributed by atoms with Crippen molar-refractivity contribution in [3.8, 4) is 5.75 Å². The van der Waals surface area contributed by atoms with Crippen LogP contribution in [-0.2, 0) is 4.79 Å². The van der Waals surface area contributed by atoms with Crippen molar-refractivity contribution in [1.29, 1.82) is 0 Å². The molecule has 0 heterocycles. The number of phenolic OH excluding ortho intramolecular Hbond substituents is 1. The van der Waals surface area contributed by atoms with E-state index in [4.69, 9.17) is 5.73 Å². The Morgan fingerprint density at radius 1 is 1.29 bits per heavy atom. The molecule has 1 amide bonds. The average Bonchev–Trinajstić information content (AvgIpc) is 2.70. The predicted octanol–water partition coefficient (Wildman–Crippen LogP) is 2.02. The first-order chi connectivity index (χ1) is 7.62. The molecule has 1 aromatic rings. The summed E-state index contributed by atoms with van der Waals surface area (Å²) in [5.41, 5.74) is 5.67. The molecule has 0 atom stereocenters. The van der Waals surface area contributed by atoms with Gasteiger partial charge in [0.05, 0.1) is 11.2 Å². The first-order valence-corrected chi connectivity index (χ1v) is 5.50. The van der Waals surface area contributed by atoms with Gasteiger partial charge in [0, 0.05) is 0 Å². The molecule has 0 radical (unpaired) electrons. The number of nitrogens with two attached hydrogens (primary N) is 1. The molecule has 94 valence electrons. The molecule has 0 unspecified atom stereocenters. The second-order valence-corrected chi connectivity index (χ2v) is 4.33. The third-order valence-corrected chi connectivity index (χ3v) is 3.10. The molecule has 1 aliphatic carbocycles. The van der Waals surface area contributed by atoms with Gasteiger partial charge in [-0.25, -0.2) is 0 Å². The molecule has 0 aliphatic heterocycles. The van der Waals surface area contributed by atoms with E-state index in [2.05, 4.69) is 5.32 Å². The van der Waals surface area contributed by atoms with Gasteiger partial charge in [0.2, 0.25) is 5.91 Å². The molecule has 4 nitrogen and oxygen atoms in total. The molecule has 5 heteroatoms. The summed E-state index contributed by atoms with van der Waals surface area (Å²) in [7, 11) is 0. The van der Waals surface area contributed by atoms with Crippen LogP contribution < -0.4 is 11.1 Å². The summed E-state index contributed by atoms with van der Waals surface area (Å²) in [6.45, 7) is 0. The molecule has 1 aliphatic rings. The van der Waals surface area contributed by atoms with Crippen molar-refractivity contribution < 1.29 is 9.90 Å². The number of carbonyl (C=O) groups excluding carboxylic acids is 1. The molecule has 0 spiro atoms. The number of anilines is 1. The largest absolute Gasteiger partial charge is 0.506 e. The zero-order valence-corrected chi connectivity index (χ0v) is 10.3. The Morgan fingerprint density at radius 3 is 2.47 bits per heavy atom. The van der Waals surface area contributed by atoms with Crippen LogP contribution in [0.25, 0.3) is 0 Å². The summed E-state index contributed by atoms with van der Waals surface area (Å²) in [6.07, 6.45) is 3.41. The van der Waals surface area contributed by atoms with E-state index in [1.54, 1.807) is 18.2 Å². The second-order valence-electron chi connectivity index (χ2n) is 4.33. The number of rotatable bonds is 2. The van der Waals surface area contributed by atoms with Crippen LogP contribution in [0.1, 0.15) is 25.7 Å². The SMILES string of the molecule is Cl.NC1(C(=O)Nc2ccccc2O)CCCC1. The smallest absolute Gasteiger partial charge is 0.244 e. The maximum atomic E-state index is 11.9.